The Morgan fingerprint density at radius 1 is 1.25 bits per heavy atom. The molecular weight excluding hydrogens is 294 g/mol. The third-order valence-corrected chi connectivity index (χ3v) is 4.93. The van der Waals surface area contributed by atoms with E-state index in [4.69, 9.17) is 4.42 Å². The van der Waals surface area contributed by atoms with Crippen molar-refractivity contribution in [1.82, 2.24) is 5.32 Å². The lowest BCUT2D eigenvalue weighted by atomic mass is 10.1. The second kappa shape index (κ2) is 5.93. The molecule has 1 unspecified atom stereocenters. The third-order valence-electron chi connectivity index (χ3n) is 2.99. The molecule has 0 aliphatic rings. The highest BCUT2D eigenvalue weighted by atomic mass is 32.2. The van der Waals surface area contributed by atoms with Crippen LogP contribution in [0.4, 0.5) is 0 Å². The van der Waals surface area contributed by atoms with Gasteiger partial charge in [-0.1, -0.05) is 17.8 Å². The van der Waals surface area contributed by atoms with Crippen molar-refractivity contribution in [3.63, 3.8) is 0 Å². The Hall–Kier alpha value is -1.40. The molecule has 2 rings (SSSR count). The van der Waals surface area contributed by atoms with Crippen LogP contribution in [0, 0.1) is 0 Å². The Balaban J connectivity index is 2.58. The van der Waals surface area contributed by atoms with Gasteiger partial charge < -0.3 is 9.73 Å². The van der Waals surface area contributed by atoms with E-state index in [2.05, 4.69) is 5.32 Å². The Bertz CT molecular complexity index is 653. The molecule has 106 valence electrons. The second-order valence-corrected chi connectivity index (χ2v) is 6.03. The first-order valence-corrected chi connectivity index (χ1v) is 8.38. The molecule has 0 aliphatic heterocycles. The monoisotopic (exact) mass is 309 g/mol. The Labute approximate surface area is 125 Å². The number of rotatable bonds is 4. The van der Waals surface area contributed by atoms with E-state index in [1.165, 1.54) is 18.7 Å². The van der Waals surface area contributed by atoms with Gasteiger partial charge in [0.15, 0.2) is 4.87 Å². The van der Waals surface area contributed by atoms with Gasteiger partial charge in [0.1, 0.15) is 5.58 Å². The van der Waals surface area contributed by atoms with Crippen LogP contribution in [0.25, 0.3) is 11.0 Å². The highest BCUT2D eigenvalue weighted by molar-refractivity contribution is 8.15. The summed E-state index contributed by atoms with van der Waals surface area (Å²) in [5, 5.41) is 3.58. The maximum atomic E-state index is 12.4. The molecule has 2 aromatic rings. The summed E-state index contributed by atoms with van der Waals surface area (Å²) in [6.45, 7) is 1.41. The maximum Gasteiger partial charge on any atom is 0.229 e. The van der Waals surface area contributed by atoms with Crippen molar-refractivity contribution in [2.24, 2.45) is 0 Å². The summed E-state index contributed by atoms with van der Waals surface area (Å²) in [6, 6.07) is 7.33. The molecule has 0 aliphatic carbocycles. The number of fused-ring (bicyclic) bond motifs is 1. The van der Waals surface area contributed by atoms with E-state index in [-0.39, 0.29) is 11.0 Å². The summed E-state index contributed by atoms with van der Waals surface area (Å²) in [6.07, 6.45) is 5.12. The van der Waals surface area contributed by atoms with Crippen molar-refractivity contribution in [1.29, 1.82) is 0 Å². The number of carbonyl (C=O) groups excluding carboxylic acids is 2. The van der Waals surface area contributed by atoms with Crippen LogP contribution in [0.5, 0.6) is 0 Å². The van der Waals surface area contributed by atoms with Gasteiger partial charge in [0.25, 0.3) is 0 Å². The number of hydrogen-bond acceptors (Lipinski definition) is 5. The van der Waals surface area contributed by atoms with Crippen molar-refractivity contribution in [3.05, 3.63) is 36.1 Å². The summed E-state index contributed by atoms with van der Waals surface area (Å²) in [5.41, 5.74) is 1.50. The highest BCUT2D eigenvalue weighted by Crippen LogP contribution is 2.37. The molecular formula is C14H15NO3S2. The van der Waals surface area contributed by atoms with Crippen molar-refractivity contribution in [2.45, 2.75) is 11.8 Å². The SMILES string of the molecule is CSC(=O)C(NC(C)=O)(SC)c1ccc2occc2c1. The van der Waals surface area contributed by atoms with Crippen LogP contribution in [-0.2, 0) is 14.5 Å². The maximum absolute atomic E-state index is 12.4. The molecule has 1 heterocycles. The van der Waals surface area contributed by atoms with Crippen LogP contribution < -0.4 is 5.32 Å². The molecule has 0 spiro atoms. The minimum Gasteiger partial charge on any atom is -0.464 e. The average molecular weight is 309 g/mol. The number of thioether (sulfide) groups is 2. The Morgan fingerprint density at radius 2 is 2.00 bits per heavy atom. The molecule has 1 atom stereocenters. The van der Waals surface area contributed by atoms with Gasteiger partial charge in [0.2, 0.25) is 11.0 Å². The van der Waals surface area contributed by atoms with Gasteiger partial charge >= 0.3 is 0 Å². The van der Waals surface area contributed by atoms with Gasteiger partial charge in [-0.3, -0.25) is 9.59 Å². The lowest BCUT2D eigenvalue weighted by Crippen LogP contribution is -2.47. The van der Waals surface area contributed by atoms with E-state index < -0.39 is 4.87 Å². The van der Waals surface area contributed by atoms with Crippen LogP contribution >= 0.6 is 23.5 Å². The zero-order chi connectivity index (χ0) is 14.8. The average Bonchev–Trinajstić information content (AvgIpc) is 2.91. The Kier molecular flexibility index (Phi) is 4.45. The zero-order valence-corrected chi connectivity index (χ0v) is 13.1. The van der Waals surface area contributed by atoms with Crippen LogP contribution in [0.2, 0.25) is 0 Å². The van der Waals surface area contributed by atoms with Gasteiger partial charge in [-0.25, -0.2) is 0 Å². The van der Waals surface area contributed by atoms with Gasteiger partial charge in [0, 0.05) is 12.3 Å². The standard InChI is InChI=1S/C14H15NO3S2/c1-9(16)15-14(20-3,13(17)19-2)11-4-5-12-10(8-11)6-7-18-12/h4-8H,1-3H3,(H,15,16). The lowest BCUT2D eigenvalue weighted by Gasteiger charge is -2.30. The summed E-state index contributed by atoms with van der Waals surface area (Å²) >= 11 is 2.41. The number of benzene rings is 1. The minimum absolute atomic E-state index is 0.108. The number of nitrogens with one attached hydrogen (secondary N) is 1. The molecule has 4 nitrogen and oxygen atoms in total. The van der Waals surface area contributed by atoms with Gasteiger partial charge in [-0.2, -0.15) is 0 Å². The van der Waals surface area contributed by atoms with Gasteiger partial charge in [0.05, 0.1) is 6.26 Å². The molecule has 6 heteroatoms. The highest BCUT2D eigenvalue weighted by Gasteiger charge is 2.40. The van der Waals surface area contributed by atoms with E-state index in [0.717, 1.165) is 28.3 Å². The fraction of sp³-hybridized carbons (Fsp3) is 0.286. The first kappa shape index (κ1) is 15.0. The largest absolute Gasteiger partial charge is 0.464 e. The predicted octanol–water partition coefficient (Wildman–Crippen LogP) is 2.97. The minimum atomic E-state index is -1.07. The summed E-state index contributed by atoms with van der Waals surface area (Å²) in [5.74, 6) is -0.242. The topological polar surface area (TPSA) is 59.3 Å². The van der Waals surface area contributed by atoms with Crippen molar-refractivity contribution in [2.75, 3.05) is 12.5 Å². The molecule has 0 radical (unpaired) electrons. The van der Waals surface area contributed by atoms with Crippen LogP contribution in [0.15, 0.2) is 34.9 Å². The first-order chi connectivity index (χ1) is 9.53. The van der Waals surface area contributed by atoms with E-state index in [1.54, 1.807) is 12.5 Å². The molecule has 1 aromatic heterocycles. The number of hydrogen-bond donors (Lipinski definition) is 1. The summed E-state index contributed by atoms with van der Waals surface area (Å²) in [7, 11) is 0. The van der Waals surface area contributed by atoms with Crippen LogP contribution in [0.3, 0.4) is 0 Å². The normalized spacial score (nSPS) is 13.9. The zero-order valence-electron chi connectivity index (χ0n) is 11.4. The van der Waals surface area contributed by atoms with Crippen molar-refractivity contribution < 1.29 is 14.0 Å². The molecule has 0 bridgehead atoms. The Morgan fingerprint density at radius 3 is 2.60 bits per heavy atom. The third kappa shape index (κ3) is 2.58. The van der Waals surface area contributed by atoms with E-state index in [1.807, 2.05) is 30.5 Å². The molecule has 0 saturated carbocycles. The summed E-state index contributed by atoms with van der Waals surface area (Å²) < 4.78 is 5.30. The molecule has 0 fully saturated rings. The molecule has 1 N–H and O–H groups in total. The second-order valence-electron chi connectivity index (χ2n) is 4.23. The first-order valence-electron chi connectivity index (χ1n) is 5.93. The van der Waals surface area contributed by atoms with E-state index in [9.17, 15) is 9.59 Å². The quantitative estimate of drug-likeness (QED) is 0.880. The van der Waals surface area contributed by atoms with E-state index >= 15 is 0 Å². The van der Waals surface area contributed by atoms with E-state index in [0.29, 0.717) is 0 Å². The fourth-order valence-corrected chi connectivity index (χ4v) is 3.80. The number of furan rings is 1. The van der Waals surface area contributed by atoms with Gasteiger partial charge in [-0.05, 0) is 36.3 Å². The van der Waals surface area contributed by atoms with Gasteiger partial charge in [-0.15, -0.1) is 11.8 Å². The van der Waals surface area contributed by atoms with Crippen LogP contribution in [0.1, 0.15) is 12.5 Å². The number of amides is 1. The summed E-state index contributed by atoms with van der Waals surface area (Å²) in [4.78, 5) is 22.8. The van der Waals surface area contributed by atoms with Crippen LogP contribution in [-0.4, -0.2) is 23.5 Å². The van der Waals surface area contributed by atoms with Crippen molar-refractivity contribution in [3.8, 4) is 0 Å². The molecule has 1 aromatic carbocycles. The number of carbonyl (C=O) groups is 2. The molecule has 1 amide bonds. The fourth-order valence-electron chi connectivity index (χ4n) is 2.07. The smallest absolute Gasteiger partial charge is 0.229 e. The molecule has 20 heavy (non-hydrogen) atoms. The molecule has 0 saturated heterocycles. The predicted molar refractivity (Wildman–Crippen MR) is 83.7 cm³/mol. The lowest BCUT2D eigenvalue weighted by molar-refractivity contribution is -0.124. The van der Waals surface area contributed by atoms with Crippen molar-refractivity contribution >= 4 is 45.5 Å².